The van der Waals surface area contributed by atoms with Gasteiger partial charge < -0.3 is 0 Å². The van der Waals surface area contributed by atoms with Crippen molar-refractivity contribution in [1.82, 2.24) is 5.09 Å². The molecule has 0 atom stereocenters. The second-order valence-electron chi connectivity index (χ2n) is 4.20. The van der Waals surface area contributed by atoms with E-state index in [1.54, 1.807) is 0 Å². The highest BCUT2D eigenvalue weighted by Crippen LogP contribution is 2.51. The molecule has 1 aliphatic carbocycles. The standard InChI is InChI=1S/C7H13N2O5P/c1-7(9(10)11)4-13-15(12,14-5-7)8-6-2-3-6/h6H,2-5H2,1H3,(H,8,12). The Labute approximate surface area is 86.9 Å². The van der Waals surface area contributed by atoms with Gasteiger partial charge in [0.15, 0.2) is 0 Å². The molecule has 0 unspecified atom stereocenters. The average Bonchev–Trinajstić information content (AvgIpc) is 2.94. The Morgan fingerprint density at radius 3 is 2.40 bits per heavy atom. The number of hydrogen-bond donors (Lipinski definition) is 1. The zero-order valence-electron chi connectivity index (χ0n) is 8.34. The van der Waals surface area contributed by atoms with Gasteiger partial charge in [-0.05, 0) is 12.8 Å². The maximum Gasteiger partial charge on any atom is 0.406 e. The maximum absolute atomic E-state index is 11.8. The molecule has 1 N–H and O–H groups in total. The fraction of sp³-hybridized carbons (Fsp3) is 1.00. The summed E-state index contributed by atoms with van der Waals surface area (Å²) in [6.45, 7) is 1.04. The molecule has 0 aromatic heterocycles. The van der Waals surface area contributed by atoms with Crippen LogP contribution in [0.1, 0.15) is 19.8 Å². The van der Waals surface area contributed by atoms with Crippen LogP contribution in [0.4, 0.5) is 0 Å². The largest absolute Gasteiger partial charge is 0.406 e. The van der Waals surface area contributed by atoms with E-state index >= 15 is 0 Å². The minimum Gasteiger partial charge on any atom is -0.289 e. The van der Waals surface area contributed by atoms with E-state index in [4.69, 9.17) is 9.05 Å². The van der Waals surface area contributed by atoms with E-state index in [9.17, 15) is 14.7 Å². The van der Waals surface area contributed by atoms with Gasteiger partial charge in [0.25, 0.3) is 5.54 Å². The van der Waals surface area contributed by atoms with Gasteiger partial charge in [0, 0.05) is 17.9 Å². The normalized spacial score (nSPS) is 41.4. The molecule has 8 heteroatoms. The van der Waals surface area contributed by atoms with Crippen LogP contribution in [-0.2, 0) is 13.6 Å². The first-order valence-corrected chi connectivity index (χ1v) is 6.29. The number of nitro groups is 1. The van der Waals surface area contributed by atoms with Crippen molar-refractivity contribution in [2.45, 2.75) is 31.3 Å². The van der Waals surface area contributed by atoms with Gasteiger partial charge in [-0.3, -0.25) is 19.2 Å². The minimum atomic E-state index is -3.28. The molecule has 2 fully saturated rings. The molecule has 7 nitrogen and oxygen atoms in total. The van der Waals surface area contributed by atoms with E-state index in [1.807, 2.05) is 0 Å². The van der Waals surface area contributed by atoms with Crippen LogP contribution in [0.5, 0.6) is 0 Å². The molecule has 0 amide bonds. The first kappa shape index (κ1) is 11.0. The lowest BCUT2D eigenvalue weighted by Crippen LogP contribution is -2.47. The van der Waals surface area contributed by atoms with Gasteiger partial charge in [-0.2, -0.15) is 0 Å². The Kier molecular flexibility index (Phi) is 2.58. The van der Waals surface area contributed by atoms with Crippen molar-refractivity contribution in [3.05, 3.63) is 10.1 Å². The molecular formula is C7H13N2O5P. The van der Waals surface area contributed by atoms with Gasteiger partial charge >= 0.3 is 7.75 Å². The number of nitrogens with one attached hydrogen (secondary N) is 1. The molecule has 15 heavy (non-hydrogen) atoms. The molecule has 86 valence electrons. The lowest BCUT2D eigenvalue weighted by molar-refractivity contribution is -0.573. The van der Waals surface area contributed by atoms with Gasteiger partial charge in [-0.25, -0.2) is 9.65 Å². The highest BCUT2D eigenvalue weighted by Gasteiger charge is 2.49. The van der Waals surface area contributed by atoms with Crippen molar-refractivity contribution in [2.75, 3.05) is 13.2 Å². The maximum atomic E-state index is 11.8. The lowest BCUT2D eigenvalue weighted by Gasteiger charge is -2.30. The van der Waals surface area contributed by atoms with Crippen molar-refractivity contribution in [2.24, 2.45) is 0 Å². The van der Waals surface area contributed by atoms with Gasteiger partial charge in [0.2, 0.25) is 0 Å². The second-order valence-corrected chi connectivity index (χ2v) is 5.97. The first-order chi connectivity index (χ1) is 6.94. The molecular weight excluding hydrogens is 223 g/mol. The summed E-state index contributed by atoms with van der Waals surface area (Å²) in [4.78, 5) is 10.2. The van der Waals surface area contributed by atoms with E-state index in [2.05, 4.69) is 5.09 Å². The van der Waals surface area contributed by atoms with Crippen LogP contribution in [0, 0.1) is 10.1 Å². The van der Waals surface area contributed by atoms with Crippen molar-refractivity contribution in [1.29, 1.82) is 0 Å². The molecule has 0 radical (unpaired) electrons. The molecule has 2 rings (SSSR count). The average molecular weight is 236 g/mol. The Morgan fingerprint density at radius 1 is 1.47 bits per heavy atom. The highest BCUT2D eigenvalue weighted by molar-refractivity contribution is 7.51. The van der Waals surface area contributed by atoms with E-state index in [0.29, 0.717) is 0 Å². The summed E-state index contributed by atoms with van der Waals surface area (Å²) < 4.78 is 21.8. The second kappa shape index (κ2) is 3.52. The zero-order chi connectivity index (χ0) is 11.1. The SMILES string of the molecule is CC1([N+](=O)[O-])COP(=O)(NC2CC2)OC1. The van der Waals surface area contributed by atoms with E-state index in [0.717, 1.165) is 12.8 Å². The quantitative estimate of drug-likeness (QED) is 0.445. The monoisotopic (exact) mass is 236 g/mol. The van der Waals surface area contributed by atoms with Gasteiger partial charge in [-0.1, -0.05) is 0 Å². The minimum absolute atomic E-state index is 0.177. The predicted octanol–water partition coefficient (Wildman–Crippen LogP) is 0.929. The molecule has 1 saturated carbocycles. The Morgan fingerprint density at radius 2 is 2.00 bits per heavy atom. The molecule has 1 heterocycles. The van der Waals surface area contributed by atoms with Crippen molar-refractivity contribution < 1.29 is 18.5 Å². The van der Waals surface area contributed by atoms with Gasteiger partial charge in [0.1, 0.15) is 13.2 Å². The van der Waals surface area contributed by atoms with Crippen LogP contribution in [0.25, 0.3) is 0 Å². The number of nitrogens with zero attached hydrogens (tertiary/aromatic N) is 1. The van der Waals surface area contributed by atoms with E-state index in [-0.39, 0.29) is 19.3 Å². The lowest BCUT2D eigenvalue weighted by atomic mass is 10.1. The summed E-state index contributed by atoms with van der Waals surface area (Å²) in [6, 6.07) is 0.177. The molecule has 0 bridgehead atoms. The third kappa shape index (κ3) is 2.36. The van der Waals surface area contributed by atoms with Crippen LogP contribution in [0.2, 0.25) is 0 Å². The molecule has 1 saturated heterocycles. The van der Waals surface area contributed by atoms with Crippen molar-refractivity contribution in [3.8, 4) is 0 Å². The first-order valence-electron chi connectivity index (χ1n) is 4.75. The van der Waals surface area contributed by atoms with Crippen LogP contribution in [0.3, 0.4) is 0 Å². The molecule has 1 aliphatic heterocycles. The highest BCUT2D eigenvalue weighted by atomic mass is 31.2. The molecule has 0 aromatic rings. The fourth-order valence-corrected chi connectivity index (χ4v) is 2.97. The topological polar surface area (TPSA) is 90.7 Å². The van der Waals surface area contributed by atoms with E-state index in [1.165, 1.54) is 6.92 Å². The Bertz CT molecular complexity index is 317. The number of hydrogen-bond acceptors (Lipinski definition) is 5. The molecule has 0 spiro atoms. The summed E-state index contributed by atoms with van der Waals surface area (Å²) in [5.41, 5.74) is -1.29. The summed E-state index contributed by atoms with van der Waals surface area (Å²) in [7, 11) is -3.28. The van der Waals surface area contributed by atoms with Gasteiger partial charge in [0.05, 0.1) is 0 Å². The molecule has 2 aliphatic rings. The Balaban J connectivity index is 1.95. The smallest absolute Gasteiger partial charge is 0.289 e. The van der Waals surface area contributed by atoms with Crippen LogP contribution >= 0.6 is 7.75 Å². The number of rotatable bonds is 3. The summed E-state index contributed by atoms with van der Waals surface area (Å²) in [5, 5.41) is 13.4. The van der Waals surface area contributed by atoms with E-state index < -0.39 is 18.2 Å². The van der Waals surface area contributed by atoms with Crippen LogP contribution in [0.15, 0.2) is 0 Å². The van der Waals surface area contributed by atoms with Crippen LogP contribution < -0.4 is 5.09 Å². The zero-order valence-corrected chi connectivity index (χ0v) is 9.24. The van der Waals surface area contributed by atoms with Crippen LogP contribution in [-0.4, -0.2) is 29.7 Å². The fourth-order valence-electron chi connectivity index (χ4n) is 1.14. The van der Waals surface area contributed by atoms with Crippen molar-refractivity contribution in [3.63, 3.8) is 0 Å². The summed E-state index contributed by atoms with van der Waals surface area (Å²) in [6.07, 6.45) is 1.90. The Hall–Kier alpha value is -0.490. The van der Waals surface area contributed by atoms with Crippen molar-refractivity contribution >= 4 is 7.75 Å². The summed E-state index contributed by atoms with van der Waals surface area (Å²) in [5.74, 6) is 0. The third-order valence-electron chi connectivity index (χ3n) is 2.45. The molecule has 0 aromatic carbocycles. The van der Waals surface area contributed by atoms with Gasteiger partial charge in [-0.15, -0.1) is 0 Å². The predicted molar refractivity (Wildman–Crippen MR) is 51.1 cm³/mol. The third-order valence-corrected chi connectivity index (χ3v) is 4.07. The summed E-state index contributed by atoms with van der Waals surface area (Å²) >= 11 is 0.